The molecule has 0 bridgehead atoms. The Morgan fingerprint density at radius 2 is 0.686 bits per heavy atom. The van der Waals surface area contributed by atoms with Crippen LogP contribution in [0.3, 0.4) is 0 Å². The van der Waals surface area contributed by atoms with E-state index in [9.17, 15) is 10.2 Å². The molecule has 278 valence electrons. The monoisotopic (exact) mass is 738 g/mol. The molecule has 4 rings (SSSR count). The number of hydrogen-bond donors (Lipinski definition) is 0. The molecule has 0 saturated carbocycles. The van der Waals surface area contributed by atoms with Crippen molar-refractivity contribution in [3.63, 3.8) is 0 Å². The van der Waals surface area contributed by atoms with E-state index in [1.165, 1.54) is 89.9 Å². The van der Waals surface area contributed by atoms with Crippen molar-refractivity contribution in [2.24, 2.45) is 0 Å². The third kappa shape index (κ3) is 19.4. The maximum absolute atomic E-state index is 11.9. The van der Waals surface area contributed by atoms with E-state index in [0.717, 1.165) is 37.6 Å². The van der Waals surface area contributed by atoms with Crippen LogP contribution in [-0.4, -0.2) is 13.2 Å². The van der Waals surface area contributed by atoms with Gasteiger partial charge in [-0.05, 0) is 72.5 Å². The van der Waals surface area contributed by atoms with E-state index in [0.29, 0.717) is 22.6 Å². The quantitative estimate of drug-likeness (QED) is 0.0606. The van der Waals surface area contributed by atoms with Crippen molar-refractivity contribution in [1.82, 2.24) is 0 Å². The molecule has 0 atom stereocenters. The molecule has 0 heterocycles. The number of ether oxygens (including phenoxy) is 4. The third-order valence-corrected chi connectivity index (χ3v) is 8.40. The van der Waals surface area contributed by atoms with Gasteiger partial charge in [-0.1, -0.05) is 152 Å². The van der Waals surface area contributed by atoms with E-state index in [1.807, 2.05) is 48.6 Å². The summed E-state index contributed by atoms with van der Waals surface area (Å²) < 4.78 is 22.1. The third-order valence-electron chi connectivity index (χ3n) is 8.40. The van der Waals surface area contributed by atoms with E-state index in [-0.39, 0.29) is 29.0 Å². The standard InChI is InChI=1S/2C22H30O3.Fe/c2*1-2-3-4-5-6-7-8-11-18-24-20-14-16-21(17-15-20)25-22(23)19-12-9-10-13-19;/h2*9-10,12-17,23H,2-8,11,18H2,1H3;/q;;+2/p-2. The van der Waals surface area contributed by atoms with Gasteiger partial charge >= 0.3 is 17.1 Å². The van der Waals surface area contributed by atoms with Crippen LogP contribution in [0.25, 0.3) is 0 Å². The predicted molar refractivity (Wildman–Crippen MR) is 201 cm³/mol. The number of rotatable bonds is 24. The zero-order valence-electron chi connectivity index (χ0n) is 30.8. The molecule has 2 aliphatic rings. The maximum Gasteiger partial charge on any atom is 2.00 e. The molecule has 0 N–H and O–H groups in total. The van der Waals surface area contributed by atoms with Crippen molar-refractivity contribution in [3.05, 3.63) is 120 Å². The first-order valence-electron chi connectivity index (χ1n) is 18.9. The molecule has 7 heteroatoms. The molecule has 6 nitrogen and oxygen atoms in total. The van der Waals surface area contributed by atoms with Gasteiger partial charge in [0.25, 0.3) is 0 Å². The molecular formula is C44H58FeO6. The van der Waals surface area contributed by atoms with Gasteiger partial charge in [-0.2, -0.15) is 0 Å². The first-order chi connectivity index (χ1) is 24.6. The molecule has 0 aliphatic heterocycles. The second-order valence-corrected chi connectivity index (χ2v) is 12.7. The summed E-state index contributed by atoms with van der Waals surface area (Å²) in [4.78, 5) is 0. The zero-order chi connectivity index (χ0) is 35.5. The van der Waals surface area contributed by atoms with Gasteiger partial charge < -0.3 is 29.2 Å². The van der Waals surface area contributed by atoms with Crippen LogP contribution < -0.4 is 29.2 Å². The van der Waals surface area contributed by atoms with Gasteiger partial charge in [-0.15, -0.1) is 0 Å². The van der Waals surface area contributed by atoms with Gasteiger partial charge in [-0.3, -0.25) is 0 Å². The Balaban J connectivity index is 0.000000347. The first kappa shape index (κ1) is 43.4. The predicted octanol–water partition coefficient (Wildman–Crippen LogP) is 10.6. The number of unbranched alkanes of at least 4 members (excludes halogenated alkanes) is 14. The van der Waals surface area contributed by atoms with Crippen molar-refractivity contribution in [3.8, 4) is 23.0 Å². The van der Waals surface area contributed by atoms with Crippen LogP contribution in [0.5, 0.6) is 23.0 Å². The second kappa shape index (κ2) is 27.9. The summed E-state index contributed by atoms with van der Waals surface area (Å²) in [7, 11) is 0. The minimum absolute atomic E-state index is 0. The zero-order valence-corrected chi connectivity index (χ0v) is 31.9. The molecule has 0 aromatic heterocycles. The minimum Gasteiger partial charge on any atom is -0.579 e. The topological polar surface area (TPSA) is 83.0 Å². The van der Waals surface area contributed by atoms with Crippen molar-refractivity contribution < 1.29 is 46.2 Å². The van der Waals surface area contributed by atoms with Crippen molar-refractivity contribution in [2.45, 2.75) is 117 Å². The molecule has 0 spiro atoms. The fraction of sp³-hybridized carbons (Fsp3) is 0.455. The summed E-state index contributed by atoms with van der Waals surface area (Å²) in [6.07, 6.45) is 34.9. The smallest absolute Gasteiger partial charge is 0.579 e. The molecule has 0 unspecified atom stereocenters. The van der Waals surface area contributed by atoms with E-state index < -0.39 is 0 Å². The largest absolute Gasteiger partial charge is 2.00 e. The Kier molecular flexibility index (Phi) is 23.7. The van der Waals surface area contributed by atoms with Crippen LogP contribution in [-0.2, 0) is 17.1 Å². The second-order valence-electron chi connectivity index (χ2n) is 12.7. The molecule has 0 amide bonds. The summed E-state index contributed by atoms with van der Waals surface area (Å²) in [6.45, 7) is 5.97. The molecule has 51 heavy (non-hydrogen) atoms. The Bertz CT molecular complexity index is 1250. The van der Waals surface area contributed by atoms with E-state index in [4.69, 9.17) is 18.9 Å². The van der Waals surface area contributed by atoms with E-state index >= 15 is 0 Å². The minimum atomic E-state index is -0.336. The summed E-state index contributed by atoms with van der Waals surface area (Å²) in [5.74, 6) is 2.03. The van der Waals surface area contributed by atoms with Crippen LogP contribution in [0, 0.1) is 0 Å². The Labute approximate surface area is 318 Å². The fourth-order valence-corrected chi connectivity index (χ4v) is 5.41. The van der Waals surface area contributed by atoms with Crippen LogP contribution in [0.15, 0.2) is 120 Å². The molecule has 2 aliphatic carbocycles. The SMILES string of the molecule is CCCCCCCCCCOc1ccc(OC([O-])=C2C=CC=C2)cc1.CCCCCCCCCCOc1ccc(OC([O-])=C2C=CC=C2)cc1.[Fe+2]. The molecule has 0 fully saturated rings. The Hall–Kier alpha value is -3.80. The Morgan fingerprint density at radius 1 is 0.412 bits per heavy atom. The van der Waals surface area contributed by atoms with Crippen LogP contribution >= 0.6 is 0 Å². The average Bonchev–Trinajstić information content (AvgIpc) is 3.88. The van der Waals surface area contributed by atoms with Gasteiger partial charge in [0.05, 0.1) is 25.1 Å². The van der Waals surface area contributed by atoms with Crippen LogP contribution in [0.1, 0.15) is 117 Å². The van der Waals surface area contributed by atoms with Gasteiger partial charge in [-0.25, -0.2) is 0 Å². The van der Waals surface area contributed by atoms with Crippen molar-refractivity contribution in [1.29, 1.82) is 0 Å². The molecule has 0 saturated heterocycles. The Morgan fingerprint density at radius 3 is 1.00 bits per heavy atom. The number of benzene rings is 2. The summed E-state index contributed by atoms with van der Waals surface area (Å²) in [6, 6.07) is 14.5. The normalized spacial score (nSPS) is 12.4. The maximum atomic E-state index is 11.9. The summed E-state index contributed by atoms with van der Waals surface area (Å²) in [5.41, 5.74) is 1.13. The number of allylic oxidation sites excluding steroid dienone is 10. The molecular weight excluding hydrogens is 680 g/mol. The van der Waals surface area contributed by atoms with Crippen LogP contribution in [0.4, 0.5) is 0 Å². The van der Waals surface area contributed by atoms with E-state index in [2.05, 4.69) is 13.8 Å². The van der Waals surface area contributed by atoms with Crippen molar-refractivity contribution in [2.75, 3.05) is 13.2 Å². The van der Waals surface area contributed by atoms with Crippen LogP contribution in [0.2, 0.25) is 0 Å². The molecule has 0 radical (unpaired) electrons. The summed E-state index contributed by atoms with van der Waals surface area (Å²) in [5, 5.41) is 23.7. The number of hydrogen-bond acceptors (Lipinski definition) is 6. The summed E-state index contributed by atoms with van der Waals surface area (Å²) >= 11 is 0. The van der Waals surface area contributed by atoms with E-state index in [1.54, 1.807) is 48.6 Å². The first-order valence-corrected chi connectivity index (χ1v) is 18.9. The fourth-order valence-electron chi connectivity index (χ4n) is 5.41. The van der Waals surface area contributed by atoms with Gasteiger partial charge in [0.15, 0.2) is 0 Å². The molecule has 2 aromatic carbocycles. The van der Waals surface area contributed by atoms with Gasteiger partial charge in [0.2, 0.25) is 0 Å². The van der Waals surface area contributed by atoms with Crippen molar-refractivity contribution >= 4 is 0 Å². The average molecular weight is 739 g/mol. The molecule has 2 aromatic rings. The van der Waals surface area contributed by atoms with Gasteiger partial charge in [0.1, 0.15) is 11.5 Å². The van der Waals surface area contributed by atoms with Gasteiger partial charge in [0, 0.05) is 11.5 Å².